The van der Waals surface area contributed by atoms with Crippen molar-refractivity contribution < 1.29 is 32.7 Å². The summed E-state index contributed by atoms with van der Waals surface area (Å²) >= 11 is 2.00. The Morgan fingerprint density at radius 1 is 1.16 bits per heavy atom. The molecule has 3 atom stereocenters. The predicted octanol–water partition coefficient (Wildman–Crippen LogP) is 4.03. The second kappa shape index (κ2) is 12.9. The van der Waals surface area contributed by atoms with Crippen LogP contribution in [0.1, 0.15) is 49.4 Å². The highest BCUT2D eigenvalue weighted by molar-refractivity contribution is 14.1. The fourth-order valence-electron chi connectivity index (χ4n) is 5.46. The second-order valence-electron chi connectivity index (χ2n) is 10.6. The molecule has 228 valence electrons. The first kappa shape index (κ1) is 31.3. The van der Waals surface area contributed by atoms with Gasteiger partial charge in [-0.25, -0.2) is 23.1 Å². The zero-order valence-electron chi connectivity index (χ0n) is 23.0. The first-order chi connectivity index (χ1) is 21.0. The van der Waals surface area contributed by atoms with E-state index in [4.69, 9.17) is 0 Å². The van der Waals surface area contributed by atoms with E-state index in [-0.39, 0.29) is 30.2 Å². The summed E-state index contributed by atoms with van der Waals surface area (Å²) in [5.41, 5.74) is 0.250. The number of halogens is 4. The SMILES string of the molecule is N#Cc1ccnc(N2C(=O)[C@H](O)C[C@H]2C(=O)N(c2cccc(F)c2)[C@@H](C(=O)NC2CCC(F)(F)CC2)c2ccccc2I)n1. The van der Waals surface area contributed by atoms with Crippen LogP contribution in [0.25, 0.3) is 0 Å². The number of nitrogens with one attached hydrogen (secondary N) is 1. The third-order valence-corrected chi connectivity index (χ3v) is 8.61. The summed E-state index contributed by atoms with van der Waals surface area (Å²) in [5.74, 6) is -6.29. The van der Waals surface area contributed by atoms with E-state index in [1.807, 2.05) is 28.7 Å². The zero-order valence-corrected chi connectivity index (χ0v) is 25.2. The number of aliphatic hydroxyl groups is 1. The van der Waals surface area contributed by atoms with Crippen LogP contribution in [0.3, 0.4) is 0 Å². The van der Waals surface area contributed by atoms with Crippen LogP contribution in [0.15, 0.2) is 60.8 Å². The molecule has 1 aromatic heterocycles. The van der Waals surface area contributed by atoms with E-state index in [2.05, 4.69) is 15.3 Å². The molecule has 1 saturated carbocycles. The summed E-state index contributed by atoms with van der Waals surface area (Å²) in [6.45, 7) is 0. The number of amides is 3. The van der Waals surface area contributed by atoms with Crippen molar-refractivity contribution in [3.63, 3.8) is 0 Å². The second-order valence-corrected chi connectivity index (χ2v) is 11.7. The quantitative estimate of drug-likeness (QED) is 0.352. The molecule has 0 spiro atoms. The van der Waals surface area contributed by atoms with Gasteiger partial charge in [0.15, 0.2) is 0 Å². The minimum atomic E-state index is -2.83. The number of alkyl halides is 2. The summed E-state index contributed by atoms with van der Waals surface area (Å²) < 4.78 is 43.0. The molecule has 0 radical (unpaired) electrons. The number of hydrogen-bond donors (Lipinski definition) is 2. The monoisotopic (exact) mass is 718 g/mol. The van der Waals surface area contributed by atoms with E-state index in [0.29, 0.717) is 9.13 Å². The molecule has 2 fully saturated rings. The van der Waals surface area contributed by atoms with Crippen LogP contribution in [0.5, 0.6) is 0 Å². The number of aromatic nitrogens is 2. The Hall–Kier alpha value is -4.10. The van der Waals surface area contributed by atoms with E-state index in [0.717, 1.165) is 21.9 Å². The molecule has 0 unspecified atom stereocenters. The van der Waals surface area contributed by atoms with E-state index in [1.54, 1.807) is 24.3 Å². The van der Waals surface area contributed by atoms with Crippen LogP contribution in [0, 0.1) is 20.7 Å². The van der Waals surface area contributed by atoms with Crippen molar-refractivity contribution in [2.24, 2.45) is 0 Å². The topological polar surface area (TPSA) is 140 Å². The molecule has 2 aromatic carbocycles. The van der Waals surface area contributed by atoms with Crippen LogP contribution < -0.4 is 15.1 Å². The van der Waals surface area contributed by atoms with E-state index >= 15 is 0 Å². The molecule has 1 aliphatic heterocycles. The Balaban J connectivity index is 1.61. The molecule has 5 rings (SSSR count). The smallest absolute Gasteiger partial charge is 0.259 e. The maximum Gasteiger partial charge on any atom is 0.259 e. The van der Waals surface area contributed by atoms with Gasteiger partial charge in [-0.3, -0.25) is 24.2 Å². The first-order valence-electron chi connectivity index (χ1n) is 13.7. The lowest BCUT2D eigenvalue weighted by Crippen LogP contribution is -2.53. The summed E-state index contributed by atoms with van der Waals surface area (Å²) in [5, 5.41) is 22.7. The van der Waals surface area contributed by atoms with Gasteiger partial charge in [0.25, 0.3) is 11.8 Å². The van der Waals surface area contributed by atoms with Gasteiger partial charge in [-0.05, 0) is 71.3 Å². The standard InChI is InChI=1S/C30H26F3IN6O4/c31-17-4-3-5-20(14-17)39(27(43)23-15-24(41)28(44)40(23)29-36-13-10-19(16-35)38-29)25(21-6-1-2-7-22(21)34)26(42)37-18-8-11-30(32,33)12-9-18/h1-7,10,13-14,18,23-25,41H,8-9,11-12,15H2,(H,37,42)/t23-,24+,25+/m0/s1. The highest BCUT2D eigenvalue weighted by atomic mass is 127. The molecule has 3 amide bonds. The van der Waals surface area contributed by atoms with Gasteiger partial charge in [-0.15, -0.1) is 0 Å². The number of anilines is 2. The molecule has 2 aliphatic rings. The van der Waals surface area contributed by atoms with Crippen molar-refractivity contribution in [2.45, 2.75) is 62.3 Å². The van der Waals surface area contributed by atoms with Crippen molar-refractivity contribution in [3.05, 3.63) is 81.4 Å². The van der Waals surface area contributed by atoms with E-state index in [9.17, 15) is 37.9 Å². The lowest BCUT2D eigenvalue weighted by Gasteiger charge is -2.36. The number of nitrogens with zero attached hydrogens (tertiary/aromatic N) is 5. The summed E-state index contributed by atoms with van der Waals surface area (Å²) in [6, 6.07) is 11.4. The first-order valence-corrected chi connectivity index (χ1v) is 14.8. The minimum Gasteiger partial charge on any atom is -0.383 e. The fourth-order valence-corrected chi connectivity index (χ4v) is 6.14. The Labute approximate surface area is 264 Å². The summed E-state index contributed by atoms with van der Waals surface area (Å²) in [4.78, 5) is 51.8. The molecule has 44 heavy (non-hydrogen) atoms. The fraction of sp³-hybridized carbons (Fsp3) is 0.333. The largest absolute Gasteiger partial charge is 0.383 e. The number of hydrogen-bond acceptors (Lipinski definition) is 7. The lowest BCUT2D eigenvalue weighted by molar-refractivity contribution is -0.128. The van der Waals surface area contributed by atoms with Gasteiger partial charge in [0.1, 0.15) is 35.8 Å². The van der Waals surface area contributed by atoms with Gasteiger partial charge in [-0.1, -0.05) is 24.3 Å². The number of benzene rings is 2. The molecule has 1 saturated heterocycles. The average molecular weight is 718 g/mol. The Morgan fingerprint density at radius 2 is 1.89 bits per heavy atom. The van der Waals surface area contributed by atoms with Crippen molar-refractivity contribution >= 4 is 51.9 Å². The normalized spacial score (nSPS) is 20.5. The third kappa shape index (κ3) is 6.53. The van der Waals surface area contributed by atoms with Crippen LogP contribution in [-0.2, 0) is 14.4 Å². The highest BCUT2D eigenvalue weighted by Gasteiger charge is 2.49. The molecular weight excluding hydrogens is 692 g/mol. The number of aliphatic hydroxyl groups excluding tert-OH is 1. The Kier molecular flexibility index (Phi) is 9.16. The van der Waals surface area contributed by atoms with E-state index in [1.165, 1.54) is 24.4 Å². The lowest BCUT2D eigenvalue weighted by atomic mass is 9.91. The van der Waals surface area contributed by atoms with Crippen molar-refractivity contribution in [1.82, 2.24) is 15.3 Å². The van der Waals surface area contributed by atoms with Crippen LogP contribution in [0.2, 0.25) is 0 Å². The predicted molar refractivity (Wildman–Crippen MR) is 160 cm³/mol. The molecule has 2 heterocycles. The number of rotatable bonds is 7. The van der Waals surface area contributed by atoms with Gasteiger partial charge < -0.3 is 10.4 Å². The van der Waals surface area contributed by atoms with Gasteiger partial charge in [0.2, 0.25) is 17.8 Å². The molecule has 3 aromatic rings. The maximum atomic E-state index is 14.6. The van der Waals surface area contributed by atoms with Gasteiger partial charge >= 0.3 is 0 Å². The number of carbonyl (C=O) groups excluding carboxylic acids is 3. The van der Waals surface area contributed by atoms with Gasteiger partial charge in [0, 0.05) is 40.8 Å². The minimum absolute atomic E-state index is 0.0227. The molecule has 10 nitrogen and oxygen atoms in total. The van der Waals surface area contributed by atoms with Crippen molar-refractivity contribution in [1.29, 1.82) is 5.26 Å². The summed E-state index contributed by atoms with van der Waals surface area (Å²) in [7, 11) is 0. The van der Waals surface area contributed by atoms with E-state index < -0.39 is 73.0 Å². The van der Waals surface area contributed by atoms with Crippen molar-refractivity contribution in [3.8, 4) is 6.07 Å². The molecule has 2 N–H and O–H groups in total. The van der Waals surface area contributed by atoms with Gasteiger partial charge in [0.05, 0.1) is 0 Å². The molecule has 1 aliphatic carbocycles. The van der Waals surface area contributed by atoms with Crippen LogP contribution in [0.4, 0.5) is 24.8 Å². The molecule has 0 bridgehead atoms. The van der Waals surface area contributed by atoms with Crippen LogP contribution >= 0.6 is 22.6 Å². The van der Waals surface area contributed by atoms with Gasteiger partial charge in [-0.2, -0.15) is 5.26 Å². The number of carbonyl (C=O) groups is 3. The Bertz CT molecular complexity index is 1630. The Morgan fingerprint density at radius 3 is 2.57 bits per heavy atom. The van der Waals surface area contributed by atoms with Crippen LogP contribution in [-0.4, -0.2) is 56.9 Å². The number of nitriles is 1. The molecular formula is C30H26F3IN6O4. The average Bonchev–Trinajstić information content (AvgIpc) is 3.30. The van der Waals surface area contributed by atoms with Crippen molar-refractivity contribution in [2.75, 3.05) is 9.80 Å². The summed E-state index contributed by atoms with van der Waals surface area (Å²) in [6.07, 6.45) is -1.57. The third-order valence-electron chi connectivity index (χ3n) is 7.63. The molecule has 14 heteroatoms. The maximum absolute atomic E-state index is 14.6. The zero-order chi connectivity index (χ0) is 31.6. The highest BCUT2D eigenvalue weighted by Crippen LogP contribution is 2.37.